The molecule has 0 saturated carbocycles. The molecule has 1 amide bonds. The lowest BCUT2D eigenvalue weighted by atomic mass is 10.2. The molecule has 1 N–H and O–H groups in total. The Morgan fingerprint density at radius 3 is 2.32 bits per heavy atom. The highest BCUT2D eigenvalue weighted by atomic mass is 16.6. The van der Waals surface area contributed by atoms with Crippen molar-refractivity contribution in [1.29, 1.82) is 0 Å². The summed E-state index contributed by atoms with van der Waals surface area (Å²) in [5.74, 6) is 0.111. The smallest absolute Gasteiger partial charge is 0.269 e. The lowest BCUT2D eigenvalue weighted by molar-refractivity contribution is -0.384. The van der Waals surface area contributed by atoms with Gasteiger partial charge >= 0.3 is 0 Å². The fourth-order valence-electron chi connectivity index (χ4n) is 1.75. The Labute approximate surface area is 112 Å². The van der Waals surface area contributed by atoms with E-state index in [0.717, 1.165) is 5.69 Å². The van der Waals surface area contributed by atoms with Gasteiger partial charge in [0, 0.05) is 43.9 Å². The fraction of sp³-hybridized carbons (Fsp3) is 0.462. The topological polar surface area (TPSA) is 75.5 Å². The number of non-ortho nitro benzene ring substituents is 1. The van der Waals surface area contributed by atoms with Crippen LogP contribution in [0, 0.1) is 10.1 Å². The Kier molecular flexibility index (Phi) is 5.78. The van der Waals surface area contributed by atoms with Crippen molar-refractivity contribution in [3.05, 3.63) is 34.4 Å². The van der Waals surface area contributed by atoms with Gasteiger partial charge in [0.05, 0.1) is 4.92 Å². The molecule has 0 fully saturated rings. The van der Waals surface area contributed by atoms with Gasteiger partial charge in [-0.25, -0.2) is 0 Å². The molecule has 104 valence electrons. The van der Waals surface area contributed by atoms with Crippen LogP contribution in [0.2, 0.25) is 0 Å². The third-order valence-electron chi connectivity index (χ3n) is 2.86. The van der Waals surface area contributed by atoms with Gasteiger partial charge in [0.1, 0.15) is 0 Å². The van der Waals surface area contributed by atoms with E-state index in [-0.39, 0.29) is 11.6 Å². The molecule has 0 atom stereocenters. The minimum atomic E-state index is -0.437. The quantitative estimate of drug-likeness (QED) is 0.606. The minimum Gasteiger partial charge on any atom is -0.385 e. The molecule has 0 aromatic heterocycles. The first-order chi connectivity index (χ1) is 9.08. The summed E-state index contributed by atoms with van der Waals surface area (Å²) in [5, 5.41) is 13.6. The summed E-state index contributed by atoms with van der Waals surface area (Å²) in [5.41, 5.74) is 0.836. The first kappa shape index (κ1) is 14.9. The number of anilines is 1. The summed E-state index contributed by atoms with van der Waals surface area (Å²) in [4.78, 5) is 23.6. The minimum absolute atomic E-state index is 0.0600. The van der Waals surface area contributed by atoms with Crippen LogP contribution in [0.25, 0.3) is 0 Å². The van der Waals surface area contributed by atoms with Crippen molar-refractivity contribution in [1.82, 2.24) is 4.90 Å². The highest BCUT2D eigenvalue weighted by Gasteiger charge is 2.08. The van der Waals surface area contributed by atoms with Crippen LogP contribution in [0.15, 0.2) is 24.3 Å². The summed E-state index contributed by atoms with van der Waals surface area (Å²) in [6, 6.07) is 6.16. The van der Waals surface area contributed by atoms with Crippen LogP contribution in [0.5, 0.6) is 0 Å². The first-order valence-electron chi connectivity index (χ1n) is 6.34. The lowest BCUT2D eigenvalue weighted by Crippen LogP contribution is -2.31. The van der Waals surface area contributed by atoms with Gasteiger partial charge in [-0.3, -0.25) is 14.9 Å². The SMILES string of the molecule is CCN(CC)C(=O)CCNc1ccc([N+](=O)[O-])cc1. The van der Waals surface area contributed by atoms with E-state index >= 15 is 0 Å². The van der Waals surface area contributed by atoms with Crippen molar-refractivity contribution >= 4 is 17.3 Å². The normalized spacial score (nSPS) is 10.0. The molecule has 0 radical (unpaired) electrons. The van der Waals surface area contributed by atoms with Gasteiger partial charge in [0.15, 0.2) is 0 Å². The molecular weight excluding hydrogens is 246 g/mol. The van der Waals surface area contributed by atoms with Crippen molar-refractivity contribution < 1.29 is 9.72 Å². The number of amides is 1. The van der Waals surface area contributed by atoms with Gasteiger partial charge in [-0.15, -0.1) is 0 Å². The highest BCUT2D eigenvalue weighted by Crippen LogP contribution is 2.15. The van der Waals surface area contributed by atoms with Crippen LogP contribution >= 0.6 is 0 Å². The summed E-state index contributed by atoms with van der Waals surface area (Å²) in [6.07, 6.45) is 0.415. The highest BCUT2D eigenvalue weighted by molar-refractivity contribution is 5.76. The maximum atomic E-state index is 11.7. The molecule has 6 heteroatoms. The Balaban J connectivity index is 2.41. The van der Waals surface area contributed by atoms with E-state index in [1.165, 1.54) is 12.1 Å². The molecule has 0 aliphatic carbocycles. The van der Waals surface area contributed by atoms with Gasteiger partial charge in [0.25, 0.3) is 5.69 Å². The maximum Gasteiger partial charge on any atom is 0.269 e. The Morgan fingerprint density at radius 2 is 1.84 bits per heavy atom. The largest absolute Gasteiger partial charge is 0.385 e. The molecule has 1 aromatic rings. The number of nitro groups is 1. The molecule has 1 rings (SSSR count). The second-order valence-electron chi connectivity index (χ2n) is 4.05. The number of hydrogen-bond acceptors (Lipinski definition) is 4. The van der Waals surface area contributed by atoms with Crippen LogP contribution in [-0.2, 0) is 4.79 Å². The van der Waals surface area contributed by atoms with Crippen molar-refractivity contribution in [3.8, 4) is 0 Å². The second-order valence-corrected chi connectivity index (χ2v) is 4.05. The molecule has 0 bridgehead atoms. The number of nitro benzene ring substituents is 1. The van der Waals surface area contributed by atoms with Gasteiger partial charge in [0.2, 0.25) is 5.91 Å². The van der Waals surface area contributed by atoms with E-state index in [1.54, 1.807) is 17.0 Å². The fourth-order valence-corrected chi connectivity index (χ4v) is 1.75. The number of rotatable bonds is 7. The van der Waals surface area contributed by atoms with Crippen LogP contribution < -0.4 is 5.32 Å². The number of carbonyl (C=O) groups excluding carboxylic acids is 1. The number of benzene rings is 1. The van der Waals surface area contributed by atoms with Crippen LogP contribution in [0.3, 0.4) is 0 Å². The van der Waals surface area contributed by atoms with Crippen molar-refractivity contribution in [2.45, 2.75) is 20.3 Å². The number of nitrogens with one attached hydrogen (secondary N) is 1. The first-order valence-corrected chi connectivity index (χ1v) is 6.34. The summed E-state index contributed by atoms with van der Waals surface area (Å²) in [7, 11) is 0. The summed E-state index contributed by atoms with van der Waals surface area (Å²) in [6.45, 7) is 5.85. The zero-order chi connectivity index (χ0) is 14.3. The van der Waals surface area contributed by atoms with E-state index in [2.05, 4.69) is 5.32 Å². The van der Waals surface area contributed by atoms with Crippen LogP contribution in [-0.4, -0.2) is 35.4 Å². The predicted octanol–water partition coefficient (Wildman–Crippen LogP) is 2.27. The molecule has 0 aliphatic heterocycles. The third kappa shape index (κ3) is 4.57. The average Bonchev–Trinajstić information content (AvgIpc) is 2.40. The molecule has 1 aromatic carbocycles. The Morgan fingerprint density at radius 1 is 1.26 bits per heavy atom. The zero-order valence-electron chi connectivity index (χ0n) is 11.3. The van der Waals surface area contributed by atoms with Crippen LogP contribution in [0.1, 0.15) is 20.3 Å². The number of hydrogen-bond donors (Lipinski definition) is 1. The van der Waals surface area contributed by atoms with E-state index < -0.39 is 4.92 Å². The standard InChI is InChI=1S/C13H19N3O3/c1-3-15(4-2)13(17)9-10-14-11-5-7-12(8-6-11)16(18)19/h5-8,14H,3-4,9-10H2,1-2H3. The number of nitrogens with zero attached hydrogens (tertiary/aromatic N) is 2. The monoisotopic (exact) mass is 265 g/mol. The van der Waals surface area contributed by atoms with E-state index in [0.29, 0.717) is 26.1 Å². The summed E-state index contributed by atoms with van der Waals surface area (Å²) >= 11 is 0. The molecule has 19 heavy (non-hydrogen) atoms. The van der Waals surface area contributed by atoms with E-state index in [1.807, 2.05) is 13.8 Å². The third-order valence-corrected chi connectivity index (χ3v) is 2.86. The molecule has 0 saturated heterocycles. The van der Waals surface area contributed by atoms with E-state index in [9.17, 15) is 14.9 Å². The average molecular weight is 265 g/mol. The molecule has 0 unspecified atom stereocenters. The summed E-state index contributed by atoms with van der Waals surface area (Å²) < 4.78 is 0. The van der Waals surface area contributed by atoms with Crippen LogP contribution in [0.4, 0.5) is 11.4 Å². The second kappa shape index (κ2) is 7.35. The van der Waals surface area contributed by atoms with Crippen molar-refractivity contribution in [3.63, 3.8) is 0 Å². The Hall–Kier alpha value is -2.11. The van der Waals surface area contributed by atoms with Gasteiger partial charge in [-0.1, -0.05) is 0 Å². The van der Waals surface area contributed by atoms with Gasteiger partial charge in [-0.2, -0.15) is 0 Å². The molecular formula is C13H19N3O3. The zero-order valence-corrected chi connectivity index (χ0v) is 11.3. The van der Waals surface area contributed by atoms with Crippen molar-refractivity contribution in [2.75, 3.05) is 25.0 Å². The molecule has 6 nitrogen and oxygen atoms in total. The maximum absolute atomic E-state index is 11.7. The van der Waals surface area contributed by atoms with Crippen molar-refractivity contribution in [2.24, 2.45) is 0 Å². The van der Waals surface area contributed by atoms with E-state index in [4.69, 9.17) is 0 Å². The lowest BCUT2D eigenvalue weighted by Gasteiger charge is -2.18. The predicted molar refractivity (Wildman–Crippen MR) is 74.1 cm³/mol. The number of carbonyl (C=O) groups is 1. The molecule has 0 heterocycles. The van der Waals surface area contributed by atoms with Gasteiger partial charge < -0.3 is 10.2 Å². The molecule has 0 spiro atoms. The molecule has 0 aliphatic rings. The van der Waals surface area contributed by atoms with Gasteiger partial charge in [-0.05, 0) is 26.0 Å². The Bertz CT molecular complexity index is 427.